The van der Waals surface area contributed by atoms with Gasteiger partial charge in [-0.05, 0) is 55.4 Å². The number of rotatable bonds is 6. The van der Waals surface area contributed by atoms with Gasteiger partial charge in [-0.25, -0.2) is 4.98 Å². The normalized spacial score (nSPS) is 22.6. The second-order valence-electron chi connectivity index (χ2n) is 10.3. The topological polar surface area (TPSA) is 83.9 Å². The average Bonchev–Trinajstić information content (AvgIpc) is 2.82. The fourth-order valence-corrected chi connectivity index (χ4v) is 4.69. The average molecular weight is 488 g/mol. The summed E-state index contributed by atoms with van der Waals surface area (Å²) in [7, 11) is 0. The van der Waals surface area contributed by atoms with Crippen molar-refractivity contribution in [2.45, 2.75) is 64.6 Å². The van der Waals surface area contributed by atoms with Gasteiger partial charge in [0.15, 0.2) is 11.6 Å². The SMILES string of the molecule is CC(C)(C)CO[C@H]1CC[C@H](NC(=O)c2cccc3c2OC[C@H](CO)N3c2ncccc2Cl)CC1. The number of anilines is 2. The number of pyridine rings is 1. The highest BCUT2D eigenvalue weighted by molar-refractivity contribution is 6.33. The first kappa shape index (κ1) is 24.8. The number of aromatic nitrogens is 1. The molecular formula is C26H34ClN3O4. The molecule has 2 aliphatic rings. The molecule has 1 aliphatic carbocycles. The number of amides is 1. The largest absolute Gasteiger partial charge is 0.488 e. The number of halogens is 1. The van der Waals surface area contributed by atoms with Gasteiger partial charge in [0.1, 0.15) is 6.61 Å². The van der Waals surface area contributed by atoms with Crippen LogP contribution in [0.25, 0.3) is 0 Å². The van der Waals surface area contributed by atoms with E-state index in [2.05, 4.69) is 31.1 Å². The Bertz CT molecular complexity index is 1000. The predicted molar refractivity (Wildman–Crippen MR) is 133 cm³/mol. The minimum Gasteiger partial charge on any atom is -0.488 e. The van der Waals surface area contributed by atoms with E-state index in [0.717, 1.165) is 32.3 Å². The molecule has 0 saturated heterocycles. The molecule has 34 heavy (non-hydrogen) atoms. The number of para-hydroxylation sites is 1. The highest BCUT2D eigenvalue weighted by Gasteiger charge is 2.34. The van der Waals surface area contributed by atoms with Crippen LogP contribution in [0, 0.1) is 5.41 Å². The predicted octanol–water partition coefficient (Wildman–Crippen LogP) is 4.73. The van der Waals surface area contributed by atoms with E-state index in [4.69, 9.17) is 21.1 Å². The number of nitrogens with zero attached hydrogens (tertiary/aromatic N) is 2. The van der Waals surface area contributed by atoms with Crippen molar-refractivity contribution in [3.63, 3.8) is 0 Å². The van der Waals surface area contributed by atoms with Crippen molar-refractivity contribution in [3.05, 3.63) is 47.1 Å². The van der Waals surface area contributed by atoms with E-state index in [-0.39, 0.29) is 42.7 Å². The van der Waals surface area contributed by atoms with E-state index < -0.39 is 0 Å². The molecule has 1 aliphatic heterocycles. The van der Waals surface area contributed by atoms with Gasteiger partial charge in [0.05, 0.1) is 41.6 Å². The van der Waals surface area contributed by atoms with Gasteiger partial charge in [0, 0.05) is 12.2 Å². The fraction of sp³-hybridized carbons (Fsp3) is 0.538. The third-order valence-electron chi connectivity index (χ3n) is 6.22. The van der Waals surface area contributed by atoms with Crippen molar-refractivity contribution in [2.75, 3.05) is 24.7 Å². The van der Waals surface area contributed by atoms with E-state index in [1.165, 1.54) is 0 Å². The van der Waals surface area contributed by atoms with E-state index >= 15 is 0 Å². The van der Waals surface area contributed by atoms with Crippen LogP contribution in [-0.4, -0.2) is 54.0 Å². The standard InChI is InChI=1S/C26H34ClN3O4/c1-26(2,3)16-34-19-11-9-17(10-12-19)29-25(32)20-6-4-8-22-23(20)33-15-18(14-31)30(22)24-21(27)7-5-13-28-24/h4-8,13,17-19,31H,9-12,14-16H2,1-3H3,(H,29,32)/t17-,18-,19-/m0/s1. The van der Waals surface area contributed by atoms with Gasteiger partial charge in [-0.2, -0.15) is 0 Å². The summed E-state index contributed by atoms with van der Waals surface area (Å²) in [6.45, 7) is 7.35. The number of carbonyl (C=O) groups is 1. The number of aliphatic hydroxyl groups excluding tert-OH is 1. The van der Waals surface area contributed by atoms with Crippen molar-refractivity contribution in [2.24, 2.45) is 5.41 Å². The summed E-state index contributed by atoms with van der Waals surface area (Å²) in [5.41, 5.74) is 1.29. The van der Waals surface area contributed by atoms with E-state index in [1.54, 1.807) is 24.4 Å². The summed E-state index contributed by atoms with van der Waals surface area (Å²) in [6.07, 6.45) is 5.57. The van der Waals surface area contributed by atoms with Crippen molar-refractivity contribution in [1.82, 2.24) is 10.3 Å². The Morgan fingerprint density at radius 2 is 2.00 bits per heavy atom. The third kappa shape index (κ3) is 5.65. The molecule has 1 saturated carbocycles. The van der Waals surface area contributed by atoms with Gasteiger partial charge in [-0.15, -0.1) is 0 Å². The zero-order valence-corrected chi connectivity index (χ0v) is 20.8. The van der Waals surface area contributed by atoms with E-state index in [0.29, 0.717) is 27.8 Å². The molecule has 2 aromatic rings. The number of fused-ring (bicyclic) bond motifs is 1. The summed E-state index contributed by atoms with van der Waals surface area (Å²) >= 11 is 6.42. The van der Waals surface area contributed by atoms with Gasteiger partial charge in [0.2, 0.25) is 0 Å². The van der Waals surface area contributed by atoms with Crippen LogP contribution in [-0.2, 0) is 4.74 Å². The molecule has 4 rings (SSSR count). The molecular weight excluding hydrogens is 454 g/mol. The number of hydrogen-bond acceptors (Lipinski definition) is 6. The van der Waals surface area contributed by atoms with Crippen LogP contribution in [0.1, 0.15) is 56.8 Å². The molecule has 7 nitrogen and oxygen atoms in total. The number of nitrogens with one attached hydrogen (secondary N) is 1. The minimum atomic E-state index is -0.360. The summed E-state index contributed by atoms with van der Waals surface area (Å²) in [5, 5.41) is 13.6. The number of hydrogen-bond donors (Lipinski definition) is 2. The van der Waals surface area contributed by atoms with Crippen LogP contribution in [0.5, 0.6) is 5.75 Å². The van der Waals surface area contributed by atoms with Crippen molar-refractivity contribution in [1.29, 1.82) is 0 Å². The Hall–Kier alpha value is -2.35. The molecule has 8 heteroatoms. The molecule has 0 unspecified atom stereocenters. The maximum Gasteiger partial charge on any atom is 0.255 e. The maximum absolute atomic E-state index is 13.3. The smallest absolute Gasteiger partial charge is 0.255 e. The molecule has 0 radical (unpaired) electrons. The van der Waals surface area contributed by atoms with Crippen LogP contribution in [0.4, 0.5) is 11.5 Å². The van der Waals surface area contributed by atoms with Crippen LogP contribution in [0.15, 0.2) is 36.5 Å². The lowest BCUT2D eigenvalue weighted by Gasteiger charge is -2.38. The van der Waals surface area contributed by atoms with Gasteiger partial charge in [-0.3, -0.25) is 4.79 Å². The highest BCUT2D eigenvalue weighted by atomic mass is 35.5. The molecule has 1 aromatic heterocycles. The second-order valence-corrected chi connectivity index (χ2v) is 10.7. The zero-order chi connectivity index (χ0) is 24.3. The van der Waals surface area contributed by atoms with Gasteiger partial charge in [0.25, 0.3) is 5.91 Å². The summed E-state index contributed by atoms with van der Waals surface area (Å²) in [5.74, 6) is 0.845. The Morgan fingerprint density at radius 3 is 2.68 bits per heavy atom. The fourth-order valence-electron chi connectivity index (χ4n) is 4.48. The summed E-state index contributed by atoms with van der Waals surface area (Å²) in [4.78, 5) is 19.5. The number of ether oxygens (including phenoxy) is 2. The lowest BCUT2D eigenvalue weighted by molar-refractivity contribution is -0.0134. The maximum atomic E-state index is 13.3. The Labute approximate surface area is 206 Å². The second kappa shape index (κ2) is 10.5. The van der Waals surface area contributed by atoms with Gasteiger partial charge in [-0.1, -0.05) is 38.4 Å². The van der Waals surface area contributed by atoms with Gasteiger partial charge < -0.3 is 24.8 Å². The first-order chi connectivity index (χ1) is 16.3. The molecule has 2 heterocycles. The molecule has 1 atom stereocenters. The molecule has 1 fully saturated rings. The number of aliphatic hydroxyl groups is 1. The van der Waals surface area contributed by atoms with E-state index in [1.807, 2.05) is 17.0 Å². The van der Waals surface area contributed by atoms with Crippen LogP contribution >= 0.6 is 11.6 Å². The summed E-state index contributed by atoms with van der Waals surface area (Å²) in [6, 6.07) is 8.70. The Balaban J connectivity index is 1.48. The van der Waals surface area contributed by atoms with E-state index in [9.17, 15) is 9.90 Å². The van der Waals surface area contributed by atoms with Crippen molar-refractivity contribution < 1.29 is 19.4 Å². The van der Waals surface area contributed by atoms with Crippen LogP contribution in [0.3, 0.4) is 0 Å². The molecule has 2 N–H and O–H groups in total. The van der Waals surface area contributed by atoms with Gasteiger partial charge >= 0.3 is 0 Å². The zero-order valence-electron chi connectivity index (χ0n) is 20.1. The summed E-state index contributed by atoms with van der Waals surface area (Å²) < 4.78 is 12.1. The molecule has 1 amide bonds. The Morgan fingerprint density at radius 1 is 1.24 bits per heavy atom. The van der Waals surface area contributed by atoms with Crippen LogP contribution < -0.4 is 15.0 Å². The highest BCUT2D eigenvalue weighted by Crippen LogP contribution is 2.42. The Kier molecular flexibility index (Phi) is 7.65. The third-order valence-corrected chi connectivity index (χ3v) is 6.52. The van der Waals surface area contributed by atoms with Crippen molar-refractivity contribution in [3.8, 4) is 5.75 Å². The number of carbonyl (C=O) groups excluding carboxylic acids is 1. The molecule has 0 bridgehead atoms. The van der Waals surface area contributed by atoms with Crippen molar-refractivity contribution >= 4 is 29.0 Å². The molecule has 184 valence electrons. The lowest BCUT2D eigenvalue weighted by atomic mass is 9.92. The minimum absolute atomic E-state index is 0.105. The lowest BCUT2D eigenvalue weighted by Crippen LogP contribution is -2.44. The number of benzene rings is 1. The quantitative estimate of drug-likeness (QED) is 0.612. The molecule has 1 aromatic carbocycles. The van der Waals surface area contributed by atoms with Crippen LogP contribution in [0.2, 0.25) is 5.02 Å². The first-order valence-electron chi connectivity index (χ1n) is 12.0. The first-order valence-corrected chi connectivity index (χ1v) is 12.3. The monoisotopic (exact) mass is 487 g/mol. The molecule has 0 spiro atoms.